The van der Waals surface area contributed by atoms with Crippen molar-refractivity contribution < 1.29 is 9.59 Å². The van der Waals surface area contributed by atoms with Crippen LogP contribution in [0.3, 0.4) is 0 Å². The molecule has 36 heavy (non-hydrogen) atoms. The van der Waals surface area contributed by atoms with E-state index in [0.29, 0.717) is 13.0 Å². The van der Waals surface area contributed by atoms with Crippen molar-refractivity contribution in [1.29, 1.82) is 0 Å². The number of anilines is 1. The van der Waals surface area contributed by atoms with Crippen LogP contribution in [0.1, 0.15) is 30.4 Å². The molecule has 3 fully saturated rings. The van der Waals surface area contributed by atoms with Crippen LogP contribution in [0, 0.1) is 6.92 Å². The first-order chi connectivity index (χ1) is 17.5. The number of aromatic nitrogens is 1. The number of carbonyl (C=O) groups is 2. The average Bonchev–Trinajstić information content (AvgIpc) is 3.28. The number of likely N-dealkylation sites (tertiary alicyclic amines) is 1. The van der Waals surface area contributed by atoms with E-state index in [4.69, 9.17) is 0 Å². The maximum atomic E-state index is 13.1. The van der Waals surface area contributed by atoms with E-state index in [-0.39, 0.29) is 29.9 Å². The third kappa shape index (κ3) is 5.39. The molecule has 0 radical (unpaired) electrons. The lowest BCUT2D eigenvalue weighted by molar-refractivity contribution is -0.132. The summed E-state index contributed by atoms with van der Waals surface area (Å²) in [6.07, 6.45) is 4.06. The minimum Gasteiger partial charge on any atom is -0.353 e. The zero-order valence-corrected chi connectivity index (χ0v) is 21.5. The Hall–Kier alpha value is -2.97. The van der Waals surface area contributed by atoms with Gasteiger partial charge in [-0.1, -0.05) is 35.9 Å². The molecular weight excluding hydrogens is 452 g/mol. The lowest BCUT2D eigenvalue weighted by Gasteiger charge is -2.36. The van der Waals surface area contributed by atoms with E-state index in [2.05, 4.69) is 63.2 Å². The quantitative estimate of drug-likeness (QED) is 0.667. The molecule has 0 aliphatic carbocycles. The van der Waals surface area contributed by atoms with E-state index < -0.39 is 0 Å². The Morgan fingerprint density at radius 1 is 1.06 bits per heavy atom. The molecule has 3 aliphatic heterocycles. The van der Waals surface area contributed by atoms with Gasteiger partial charge in [-0.25, -0.2) is 4.98 Å². The number of nitrogens with zero attached hydrogens (tertiary/aromatic N) is 5. The summed E-state index contributed by atoms with van der Waals surface area (Å²) >= 11 is 0. The Kier molecular flexibility index (Phi) is 7.53. The number of aryl methyl sites for hydroxylation is 1. The minimum atomic E-state index is -0.142. The van der Waals surface area contributed by atoms with Gasteiger partial charge in [0.2, 0.25) is 11.8 Å². The predicted molar refractivity (Wildman–Crippen MR) is 141 cm³/mol. The van der Waals surface area contributed by atoms with Crippen molar-refractivity contribution in [3.63, 3.8) is 0 Å². The molecule has 192 valence electrons. The number of fused-ring (bicyclic) bond motifs is 1. The number of hydrogen-bond donors (Lipinski definition) is 1. The van der Waals surface area contributed by atoms with E-state index in [1.165, 1.54) is 11.1 Å². The van der Waals surface area contributed by atoms with Gasteiger partial charge in [0, 0.05) is 70.5 Å². The number of pyridine rings is 1. The highest BCUT2D eigenvalue weighted by Gasteiger charge is 2.45. The summed E-state index contributed by atoms with van der Waals surface area (Å²) < 4.78 is 0. The number of carbonyl (C=O) groups excluding carboxylic acids is 2. The predicted octanol–water partition coefficient (Wildman–Crippen LogP) is 1.89. The van der Waals surface area contributed by atoms with Crippen molar-refractivity contribution in [3.05, 3.63) is 59.8 Å². The highest BCUT2D eigenvalue weighted by Crippen LogP contribution is 2.29. The second-order valence-electron chi connectivity index (χ2n) is 10.4. The Labute approximate surface area is 214 Å². The largest absolute Gasteiger partial charge is 0.353 e. The van der Waals surface area contributed by atoms with Gasteiger partial charge in [0.25, 0.3) is 0 Å². The maximum Gasteiger partial charge on any atom is 0.239 e. The van der Waals surface area contributed by atoms with Gasteiger partial charge < -0.3 is 15.1 Å². The molecule has 3 saturated heterocycles. The fourth-order valence-corrected chi connectivity index (χ4v) is 5.93. The first kappa shape index (κ1) is 24.7. The molecule has 3 aliphatic rings. The topological polar surface area (TPSA) is 72.0 Å². The SMILES string of the molecule is Cc1ccc(CN2CCC3C2C(=O)NCC(CCC(=O)N2CCN(c4ccccn4)CC2)N3C)cc1. The summed E-state index contributed by atoms with van der Waals surface area (Å²) in [6, 6.07) is 14.7. The normalized spacial score (nSPS) is 25.4. The monoisotopic (exact) mass is 490 g/mol. The lowest BCUT2D eigenvalue weighted by Crippen LogP contribution is -2.50. The van der Waals surface area contributed by atoms with E-state index in [9.17, 15) is 9.59 Å². The molecule has 2 amide bonds. The highest BCUT2D eigenvalue weighted by atomic mass is 16.2. The molecule has 2 aromatic rings. The zero-order chi connectivity index (χ0) is 25.1. The molecule has 3 unspecified atom stereocenters. The van der Waals surface area contributed by atoms with Gasteiger partial charge in [-0.2, -0.15) is 0 Å². The van der Waals surface area contributed by atoms with Gasteiger partial charge in [0.1, 0.15) is 11.9 Å². The van der Waals surface area contributed by atoms with E-state index in [1.807, 2.05) is 29.3 Å². The number of hydrogen-bond acceptors (Lipinski definition) is 6. The van der Waals surface area contributed by atoms with Gasteiger partial charge in [-0.15, -0.1) is 0 Å². The molecule has 1 aromatic carbocycles. The van der Waals surface area contributed by atoms with Crippen molar-refractivity contribution in [2.24, 2.45) is 0 Å². The van der Waals surface area contributed by atoms with Crippen molar-refractivity contribution in [2.75, 3.05) is 51.2 Å². The maximum absolute atomic E-state index is 13.1. The van der Waals surface area contributed by atoms with Gasteiger partial charge in [-0.3, -0.25) is 19.4 Å². The van der Waals surface area contributed by atoms with Crippen LogP contribution in [0.4, 0.5) is 5.82 Å². The third-order valence-corrected chi connectivity index (χ3v) is 8.15. The van der Waals surface area contributed by atoms with Crippen molar-refractivity contribution in [3.8, 4) is 0 Å². The molecule has 0 saturated carbocycles. The molecule has 0 bridgehead atoms. The van der Waals surface area contributed by atoms with Crippen LogP contribution in [-0.4, -0.2) is 95.9 Å². The van der Waals surface area contributed by atoms with E-state index >= 15 is 0 Å². The summed E-state index contributed by atoms with van der Waals surface area (Å²) in [5.74, 6) is 1.31. The Balaban J connectivity index is 1.14. The van der Waals surface area contributed by atoms with Crippen LogP contribution < -0.4 is 10.2 Å². The molecule has 3 atom stereocenters. The number of likely N-dealkylation sites (N-methyl/N-ethyl adjacent to an activating group) is 1. The molecule has 1 aromatic heterocycles. The lowest BCUT2D eigenvalue weighted by atomic mass is 10.0. The fraction of sp³-hybridized carbons (Fsp3) is 0.536. The molecular formula is C28H38N6O2. The second-order valence-corrected chi connectivity index (χ2v) is 10.4. The smallest absolute Gasteiger partial charge is 0.239 e. The van der Waals surface area contributed by atoms with Crippen LogP contribution >= 0.6 is 0 Å². The van der Waals surface area contributed by atoms with Gasteiger partial charge >= 0.3 is 0 Å². The third-order valence-electron chi connectivity index (χ3n) is 8.15. The summed E-state index contributed by atoms with van der Waals surface area (Å²) in [6.45, 7) is 7.46. The Bertz CT molecular complexity index is 1040. The van der Waals surface area contributed by atoms with Gasteiger partial charge in [0.05, 0.1) is 0 Å². The zero-order valence-electron chi connectivity index (χ0n) is 21.5. The molecule has 0 spiro atoms. The standard InChI is InChI=1S/C28H38N6O2/c1-21-6-8-22(9-7-21)20-34-14-12-24-27(34)28(36)30-19-23(31(24)2)10-11-26(35)33-17-15-32(16-18-33)25-5-3-4-13-29-25/h3-9,13,23-24,27H,10-12,14-20H2,1-2H3,(H,30,36). The number of benzene rings is 1. The van der Waals surface area contributed by atoms with Gasteiger partial charge in [0.15, 0.2) is 0 Å². The fourth-order valence-electron chi connectivity index (χ4n) is 5.93. The molecule has 8 nitrogen and oxygen atoms in total. The molecule has 4 heterocycles. The summed E-state index contributed by atoms with van der Waals surface area (Å²) in [4.78, 5) is 39.5. The average molecular weight is 491 g/mol. The first-order valence-electron chi connectivity index (χ1n) is 13.2. The summed E-state index contributed by atoms with van der Waals surface area (Å²) in [5, 5.41) is 3.19. The number of nitrogens with one attached hydrogen (secondary N) is 1. The van der Waals surface area contributed by atoms with Crippen molar-refractivity contribution in [1.82, 2.24) is 25.0 Å². The van der Waals surface area contributed by atoms with Crippen LogP contribution in [-0.2, 0) is 16.1 Å². The molecule has 8 heteroatoms. The summed E-state index contributed by atoms with van der Waals surface area (Å²) in [5.41, 5.74) is 2.49. The highest BCUT2D eigenvalue weighted by molar-refractivity contribution is 5.83. The molecule has 5 rings (SSSR count). The van der Waals surface area contributed by atoms with Crippen molar-refractivity contribution in [2.45, 2.75) is 50.9 Å². The Morgan fingerprint density at radius 2 is 1.83 bits per heavy atom. The molecule has 1 N–H and O–H groups in total. The van der Waals surface area contributed by atoms with Crippen LogP contribution in [0.25, 0.3) is 0 Å². The van der Waals surface area contributed by atoms with Gasteiger partial charge in [-0.05, 0) is 44.5 Å². The minimum absolute atomic E-state index is 0.121. The number of rotatable bonds is 6. The Morgan fingerprint density at radius 3 is 2.56 bits per heavy atom. The van der Waals surface area contributed by atoms with E-state index in [1.54, 1.807) is 0 Å². The second kappa shape index (κ2) is 11.0. The number of piperazine rings is 1. The summed E-state index contributed by atoms with van der Waals surface area (Å²) in [7, 11) is 2.13. The van der Waals surface area contributed by atoms with E-state index in [0.717, 1.165) is 57.9 Å². The first-order valence-corrected chi connectivity index (χ1v) is 13.2. The van der Waals surface area contributed by atoms with Crippen LogP contribution in [0.5, 0.6) is 0 Å². The van der Waals surface area contributed by atoms with Crippen LogP contribution in [0.15, 0.2) is 48.7 Å². The number of amides is 2. The van der Waals surface area contributed by atoms with Crippen LogP contribution in [0.2, 0.25) is 0 Å². The van der Waals surface area contributed by atoms with Crippen molar-refractivity contribution >= 4 is 17.6 Å².